The van der Waals surface area contributed by atoms with Gasteiger partial charge in [0.1, 0.15) is 0 Å². The SMILES string of the molecule is O=C(NCCSc1n[nH]c(-c2ccccc2)n1)c1cc(-c2ccccc2)on1. The van der Waals surface area contributed by atoms with E-state index in [4.69, 9.17) is 4.52 Å². The first-order valence-electron chi connectivity index (χ1n) is 8.70. The zero-order valence-corrected chi connectivity index (χ0v) is 15.6. The third-order valence-electron chi connectivity index (χ3n) is 3.93. The fourth-order valence-corrected chi connectivity index (χ4v) is 3.21. The van der Waals surface area contributed by atoms with Crippen LogP contribution in [0.25, 0.3) is 22.7 Å². The smallest absolute Gasteiger partial charge is 0.273 e. The molecule has 4 aromatic rings. The lowest BCUT2D eigenvalue weighted by Crippen LogP contribution is -2.25. The normalized spacial score (nSPS) is 10.7. The van der Waals surface area contributed by atoms with Gasteiger partial charge in [-0.15, -0.1) is 5.10 Å². The molecule has 2 aromatic heterocycles. The largest absolute Gasteiger partial charge is 0.355 e. The molecule has 1 amide bonds. The molecule has 0 spiro atoms. The maximum atomic E-state index is 12.2. The molecule has 0 saturated carbocycles. The summed E-state index contributed by atoms with van der Waals surface area (Å²) in [6, 6.07) is 21.0. The van der Waals surface area contributed by atoms with E-state index in [0.29, 0.717) is 23.2 Å². The first-order chi connectivity index (χ1) is 13.8. The number of thioether (sulfide) groups is 1. The van der Waals surface area contributed by atoms with Gasteiger partial charge in [0.25, 0.3) is 5.91 Å². The van der Waals surface area contributed by atoms with Gasteiger partial charge in [0, 0.05) is 29.5 Å². The van der Waals surface area contributed by atoms with E-state index in [1.807, 2.05) is 60.7 Å². The number of amides is 1. The highest BCUT2D eigenvalue weighted by molar-refractivity contribution is 7.99. The summed E-state index contributed by atoms with van der Waals surface area (Å²) in [6.45, 7) is 0.465. The van der Waals surface area contributed by atoms with Crippen molar-refractivity contribution in [2.24, 2.45) is 0 Å². The van der Waals surface area contributed by atoms with Crippen molar-refractivity contribution in [2.45, 2.75) is 5.16 Å². The van der Waals surface area contributed by atoms with Crippen molar-refractivity contribution in [1.29, 1.82) is 0 Å². The predicted molar refractivity (Wildman–Crippen MR) is 107 cm³/mol. The standard InChI is InChI=1S/C20H17N5O2S/c26-19(16-13-17(27-25-16)14-7-3-1-4-8-14)21-11-12-28-20-22-18(23-24-20)15-9-5-2-6-10-15/h1-10,13H,11-12H2,(H,21,26)(H,22,23,24). The molecule has 2 heterocycles. The van der Waals surface area contributed by atoms with Crippen LogP contribution in [-0.2, 0) is 0 Å². The first-order valence-corrected chi connectivity index (χ1v) is 9.69. The molecule has 0 saturated heterocycles. The number of aromatic nitrogens is 4. The maximum absolute atomic E-state index is 12.2. The Morgan fingerprint density at radius 3 is 2.50 bits per heavy atom. The second kappa shape index (κ2) is 8.53. The van der Waals surface area contributed by atoms with Gasteiger partial charge in [-0.1, -0.05) is 77.6 Å². The van der Waals surface area contributed by atoms with Crippen molar-refractivity contribution in [3.8, 4) is 22.7 Å². The van der Waals surface area contributed by atoms with Crippen LogP contribution in [0, 0.1) is 0 Å². The van der Waals surface area contributed by atoms with Crippen LogP contribution in [0.15, 0.2) is 76.4 Å². The zero-order valence-electron chi connectivity index (χ0n) is 14.8. The summed E-state index contributed by atoms with van der Waals surface area (Å²) in [7, 11) is 0. The molecule has 0 radical (unpaired) electrons. The van der Waals surface area contributed by atoms with Crippen LogP contribution >= 0.6 is 11.8 Å². The third-order valence-corrected chi connectivity index (χ3v) is 4.78. The monoisotopic (exact) mass is 391 g/mol. The molecule has 0 aliphatic carbocycles. The third kappa shape index (κ3) is 4.29. The predicted octanol–water partition coefficient (Wildman–Crippen LogP) is 3.65. The number of nitrogens with zero attached hydrogens (tertiary/aromatic N) is 3. The second-order valence-electron chi connectivity index (χ2n) is 5.88. The van der Waals surface area contributed by atoms with Gasteiger partial charge in [-0.2, -0.15) is 0 Å². The highest BCUT2D eigenvalue weighted by atomic mass is 32.2. The van der Waals surface area contributed by atoms with Crippen LogP contribution in [0.5, 0.6) is 0 Å². The Hall–Kier alpha value is -3.39. The Labute approximate surface area is 165 Å². The number of nitrogens with one attached hydrogen (secondary N) is 2. The van der Waals surface area contributed by atoms with E-state index >= 15 is 0 Å². The Morgan fingerprint density at radius 2 is 1.75 bits per heavy atom. The molecule has 2 N–H and O–H groups in total. The molecule has 7 nitrogen and oxygen atoms in total. The van der Waals surface area contributed by atoms with E-state index < -0.39 is 0 Å². The van der Waals surface area contributed by atoms with E-state index in [1.165, 1.54) is 11.8 Å². The molecule has 0 atom stereocenters. The van der Waals surface area contributed by atoms with Crippen LogP contribution in [0.3, 0.4) is 0 Å². The summed E-state index contributed by atoms with van der Waals surface area (Å²) in [5.41, 5.74) is 2.12. The van der Waals surface area contributed by atoms with Gasteiger partial charge in [0.2, 0.25) is 5.16 Å². The topological polar surface area (TPSA) is 96.7 Å². The molecule has 28 heavy (non-hydrogen) atoms. The molecule has 0 unspecified atom stereocenters. The summed E-state index contributed by atoms with van der Waals surface area (Å²) in [4.78, 5) is 16.7. The molecule has 0 aliphatic heterocycles. The lowest BCUT2D eigenvalue weighted by Gasteiger charge is -2.00. The summed E-state index contributed by atoms with van der Waals surface area (Å²) >= 11 is 1.46. The maximum Gasteiger partial charge on any atom is 0.273 e. The molecule has 8 heteroatoms. The van der Waals surface area contributed by atoms with Crippen molar-refractivity contribution in [3.63, 3.8) is 0 Å². The molecule has 4 rings (SSSR count). The molecule has 0 aliphatic rings. The minimum atomic E-state index is -0.272. The fourth-order valence-electron chi connectivity index (χ4n) is 2.55. The first kappa shape index (κ1) is 18.0. The van der Waals surface area contributed by atoms with Crippen LogP contribution < -0.4 is 5.32 Å². The lowest BCUT2D eigenvalue weighted by atomic mass is 10.1. The quantitative estimate of drug-likeness (QED) is 0.369. The zero-order chi connectivity index (χ0) is 19.2. The number of carbonyl (C=O) groups is 1. The molecule has 2 aromatic carbocycles. The highest BCUT2D eigenvalue weighted by Crippen LogP contribution is 2.20. The summed E-state index contributed by atoms with van der Waals surface area (Å²) in [5.74, 6) is 1.66. The van der Waals surface area contributed by atoms with Crippen molar-refractivity contribution in [3.05, 3.63) is 72.4 Å². The number of carbonyl (C=O) groups excluding carboxylic acids is 1. The van der Waals surface area contributed by atoms with Gasteiger partial charge in [-0.25, -0.2) is 4.98 Å². The van der Waals surface area contributed by atoms with Crippen molar-refractivity contribution in [1.82, 2.24) is 25.7 Å². The Bertz CT molecular complexity index is 1050. The highest BCUT2D eigenvalue weighted by Gasteiger charge is 2.13. The van der Waals surface area contributed by atoms with Crippen LogP contribution in [0.4, 0.5) is 0 Å². The Morgan fingerprint density at radius 1 is 1.04 bits per heavy atom. The van der Waals surface area contributed by atoms with E-state index in [2.05, 4.69) is 25.7 Å². The minimum Gasteiger partial charge on any atom is -0.355 e. The number of hydrogen-bond donors (Lipinski definition) is 2. The molecule has 0 bridgehead atoms. The summed E-state index contributed by atoms with van der Waals surface area (Å²) in [5, 5.41) is 14.4. The van der Waals surface area contributed by atoms with E-state index in [1.54, 1.807) is 6.07 Å². The summed E-state index contributed by atoms with van der Waals surface area (Å²) in [6.07, 6.45) is 0. The van der Waals surface area contributed by atoms with Crippen LogP contribution in [0.2, 0.25) is 0 Å². The average molecular weight is 391 g/mol. The van der Waals surface area contributed by atoms with E-state index in [0.717, 1.165) is 17.0 Å². The molecular formula is C20H17N5O2S. The van der Waals surface area contributed by atoms with Gasteiger partial charge >= 0.3 is 0 Å². The Kier molecular flexibility index (Phi) is 5.48. The molecular weight excluding hydrogens is 374 g/mol. The average Bonchev–Trinajstić information content (AvgIpc) is 3.42. The van der Waals surface area contributed by atoms with Crippen molar-refractivity contribution >= 4 is 17.7 Å². The molecule has 0 fully saturated rings. The number of benzene rings is 2. The number of rotatable bonds is 7. The van der Waals surface area contributed by atoms with Crippen molar-refractivity contribution < 1.29 is 9.32 Å². The summed E-state index contributed by atoms with van der Waals surface area (Å²) < 4.78 is 5.25. The minimum absolute atomic E-state index is 0.258. The van der Waals surface area contributed by atoms with Gasteiger partial charge in [-0.05, 0) is 0 Å². The van der Waals surface area contributed by atoms with E-state index in [-0.39, 0.29) is 11.6 Å². The second-order valence-corrected chi connectivity index (χ2v) is 6.94. The van der Waals surface area contributed by atoms with Gasteiger partial charge in [0.05, 0.1) is 0 Å². The van der Waals surface area contributed by atoms with Gasteiger partial charge in [0.15, 0.2) is 17.3 Å². The lowest BCUT2D eigenvalue weighted by molar-refractivity contribution is 0.0947. The molecule has 140 valence electrons. The Balaban J connectivity index is 1.26. The van der Waals surface area contributed by atoms with Crippen molar-refractivity contribution in [2.75, 3.05) is 12.3 Å². The fraction of sp³-hybridized carbons (Fsp3) is 0.100. The van der Waals surface area contributed by atoms with E-state index in [9.17, 15) is 4.79 Å². The number of aromatic amines is 1. The number of hydrogen-bond acceptors (Lipinski definition) is 6. The van der Waals surface area contributed by atoms with Gasteiger partial charge < -0.3 is 9.84 Å². The van der Waals surface area contributed by atoms with Crippen LogP contribution in [-0.4, -0.2) is 38.5 Å². The number of H-pyrrole nitrogens is 1. The van der Waals surface area contributed by atoms with Crippen LogP contribution in [0.1, 0.15) is 10.5 Å². The van der Waals surface area contributed by atoms with Gasteiger partial charge in [-0.3, -0.25) is 9.89 Å².